The van der Waals surface area contributed by atoms with E-state index in [1.165, 1.54) is 0 Å². The van der Waals surface area contributed by atoms with Gasteiger partial charge in [-0.1, -0.05) is 6.92 Å². The summed E-state index contributed by atoms with van der Waals surface area (Å²) in [6.07, 6.45) is 0. The third-order valence-corrected chi connectivity index (χ3v) is 0. The van der Waals surface area contributed by atoms with E-state index in [4.69, 9.17) is 10.8 Å². The lowest BCUT2D eigenvalue weighted by Crippen LogP contribution is -1.87. The molecule has 0 saturated carbocycles. The van der Waals surface area contributed by atoms with Crippen LogP contribution in [-0.2, 0) is 0 Å². The first-order valence-corrected chi connectivity index (χ1v) is 2.14. The normalized spacial score (nSPS) is 5.14. The monoisotopic (exact) mass is 171 g/mol. The van der Waals surface area contributed by atoms with Gasteiger partial charge in [0.15, 0.2) is 0 Å². The molecule has 0 spiro atoms. The van der Waals surface area contributed by atoms with Crippen LogP contribution in [0.5, 0.6) is 0 Å². The molecule has 0 unspecified atom stereocenters. The maximum Gasteiger partial charge on any atom is 0.0402 e. The second-order valence-electron chi connectivity index (χ2n) is 0.724. The Morgan fingerprint density at radius 3 is 1.43 bits per heavy atom. The van der Waals surface area contributed by atoms with Crippen molar-refractivity contribution in [3.05, 3.63) is 0 Å². The Morgan fingerprint density at radius 2 is 1.43 bits per heavy atom. The van der Waals surface area contributed by atoms with Crippen LogP contribution < -0.4 is 5.73 Å². The average Bonchev–Trinajstić information content (AvgIpc) is 1.39. The second-order valence-corrected chi connectivity index (χ2v) is 0.724. The highest BCUT2D eigenvalue weighted by molar-refractivity contribution is 8.93. The van der Waals surface area contributed by atoms with Gasteiger partial charge in [0.2, 0.25) is 0 Å². The number of rotatable bonds is 0. The van der Waals surface area contributed by atoms with Crippen LogP contribution in [0.25, 0.3) is 0 Å². The third kappa shape index (κ3) is 774. The predicted molar refractivity (Wildman–Crippen MR) is 37.8 cm³/mol. The summed E-state index contributed by atoms with van der Waals surface area (Å²) >= 11 is 0. The Hall–Kier alpha value is 0.400. The van der Waals surface area contributed by atoms with Crippen LogP contribution in [0.15, 0.2) is 0 Å². The molecule has 2 nitrogen and oxygen atoms in total. The van der Waals surface area contributed by atoms with E-state index in [0.717, 1.165) is 6.54 Å². The Kier molecular flexibility index (Phi) is 72.5. The summed E-state index contributed by atoms with van der Waals surface area (Å²) in [5.74, 6) is 0. The molecule has 7 heavy (non-hydrogen) atoms. The quantitative estimate of drug-likeness (QED) is 0.560. The highest BCUT2D eigenvalue weighted by Gasteiger charge is 1.34. The maximum absolute atomic E-state index is 7.57. The standard InChI is InChI=1S/C2H7N.C2H6O.BrH/c2*1-2-3;/h2-3H2,1H3;3H,2H2,1H3;1H. The third-order valence-electron chi connectivity index (χ3n) is 0. The molecule has 0 aromatic heterocycles. The molecule has 0 rings (SSSR count). The summed E-state index contributed by atoms with van der Waals surface area (Å²) in [5, 5.41) is 7.57. The van der Waals surface area contributed by atoms with Crippen molar-refractivity contribution >= 4 is 17.0 Å². The van der Waals surface area contributed by atoms with Crippen LogP contribution >= 0.6 is 17.0 Å². The van der Waals surface area contributed by atoms with Crippen molar-refractivity contribution < 1.29 is 5.11 Å². The van der Waals surface area contributed by atoms with Crippen LogP contribution in [0.3, 0.4) is 0 Å². The van der Waals surface area contributed by atoms with Gasteiger partial charge < -0.3 is 10.8 Å². The van der Waals surface area contributed by atoms with E-state index < -0.39 is 0 Å². The average molecular weight is 172 g/mol. The van der Waals surface area contributed by atoms with Gasteiger partial charge in [0.1, 0.15) is 0 Å². The molecule has 0 aliphatic heterocycles. The van der Waals surface area contributed by atoms with Gasteiger partial charge in [0.05, 0.1) is 0 Å². The minimum Gasteiger partial charge on any atom is -0.397 e. The molecule has 0 aromatic rings. The van der Waals surface area contributed by atoms with Crippen LogP contribution in [-0.4, -0.2) is 18.3 Å². The van der Waals surface area contributed by atoms with E-state index >= 15 is 0 Å². The highest BCUT2D eigenvalue weighted by Crippen LogP contribution is 1.30. The van der Waals surface area contributed by atoms with Crippen molar-refractivity contribution in [2.45, 2.75) is 13.8 Å². The minimum atomic E-state index is 0. The van der Waals surface area contributed by atoms with Crippen molar-refractivity contribution in [1.82, 2.24) is 0 Å². The molecule has 3 heteroatoms. The number of hydrogen-bond acceptors (Lipinski definition) is 2. The zero-order chi connectivity index (χ0) is 5.41. The fraction of sp³-hybridized carbons (Fsp3) is 1.00. The number of aliphatic hydroxyl groups is 1. The predicted octanol–water partition coefficient (Wildman–Crippen LogP) is 0.542. The molecule has 0 heterocycles. The Morgan fingerprint density at radius 1 is 1.43 bits per heavy atom. The van der Waals surface area contributed by atoms with Crippen molar-refractivity contribution in [3.8, 4) is 0 Å². The molecule has 0 aromatic carbocycles. The van der Waals surface area contributed by atoms with Crippen LogP contribution in [0.1, 0.15) is 13.8 Å². The lowest BCUT2D eigenvalue weighted by Gasteiger charge is -1.53. The molecule has 0 fully saturated rings. The molecular weight excluding hydrogens is 158 g/mol. The number of aliphatic hydroxyl groups excluding tert-OH is 1. The van der Waals surface area contributed by atoms with Gasteiger partial charge in [-0.15, -0.1) is 17.0 Å². The van der Waals surface area contributed by atoms with E-state index in [9.17, 15) is 0 Å². The molecule has 0 radical (unpaired) electrons. The van der Waals surface area contributed by atoms with E-state index in [1.54, 1.807) is 6.92 Å². The van der Waals surface area contributed by atoms with Gasteiger partial charge >= 0.3 is 0 Å². The molecule has 0 bridgehead atoms. The number of nitrogens with two attached hydrogens (primary N) is 1. The van der Waals surface area contributed by atoms with E-state index in [2.05, 4.69) is 0 Å². The number of halogens is 1. The minimum absolute atomic E-state index is 0. The molecule has 0 amide bonds. The van der Waals surface area contributed by atoms with Crippen LogP contribution in [0, 0.1) is 0 Å². The van der Waals surface area contributed by atoms with Gasteiger partial charge in [-0.3, -0.25) is 0 Å². The van der Waals surface area contributed by atoms with Crippen molar-refractivity contribution in [3.63, 3.8) is 0 Å². The first kappa shape index (κ1) is 15.7. The first-order valence-electron chi connectivity index (χ1n) is 2.14. The Bertz CT molecular complexity index is 13.7. The van der Waals surface area contributed by atoms with Gasteiger partial charge in [0, 0.05) is 6.61 Å². The molecule has 0 atom stereocenters. The maximum atomic E-state index is 7.57. The Balaban J connectivity index is -0.0000000400. The first-order chi connectivity index (χ1) is 2.83. The zero-order valence-corrected chi connectivity index (χ0v) is 6.56. The van der Waals surface area contributed by atoms with Crippen molar-refractivity contribution in [2.24, 2.45) is 5.73 Å². The van der Waals surface area contributed by atoms with Gasteiger partial charge in [-0.2, -0.15) is 0 Å². The Labute approximate surface area is 55.5 Å². The van der Waals surface area contributed by atoms with Gasteiger partial charge in [0.25, 0.3) is 0 Å². The fourth-order valence-corrected chi connectivity index (χ4v) is 0. The topological polar surface area (TPSA) is 46.2 Å². The summed E-state index contributed by atoms with van der Waals surface area (Å²) in [6, 6.07) is 0. The molecule has 0 saturated heterocycles. The summed E-state index contributed by atoms with van der Waals surface area (Å²) in [6.45, 7) is 4.58. The highest BCUT2D eigenvalue weighted by atomic mass is 79.9. The summed E-state index contributed by atoms with van der Waals surface area (Å²) < 4.78 is 0. The lowest BCUT2D eigenvalue weighted by molar-refractivity contribution is 0.318. The summed E-state index contributed by atoms with van der Waals surface area (Å²) in [7, 11) is 0. The lowest BCUT2D eigenvalue weighted by atomic mass is 10.8. The summed E-state index contributed by atoms with van der Waals surface area (Å²) in [5.41, 5.74) is 4.85. The van der Waals surface area contributed by atoms with E-state index in [1.807, 2.05) is 6.92 Å². The SMILES string of the molecule is Br.CCN.CCO. The van der Waals surface area contributed by atoms with E-state index in [0.29, 0.717) is 0 Å². The fourth-order valence-electron chi connectivity index (χ4n) is 0. The smallest absolute Gasteiger partial charge is 0.0402 e. The second kappa shape index (κ2) is 32.4. The molecule has 48 valence electrons. The summed E-state index contributed by atoms with van der Waals surface area (Å²) in [4.78, 5) is 0. The largest absolute Gasteiger partial charge is 0.397 e. The number of hydrogen-bond donors (Lipinski definition) is 2. The van der Waals surface area contributed by atoms with Crippen molar-refractivity contribution in [2.75, 3.05) is 13.2 Å². The van der Waals surface area contributed by atoms with Crippen LogP contribution in [0.2, 0.25) is 0 Å². The van der Waals surface area contributed by atoms with Crippen molar-refractivity contribution in [1.29, 1.82) is 0 Å². The molecule has 0 aliphatic carbocycles. The molecular formula is C4H14BrNO. The van der Waals surface area contributed by atoms with Crippen LogP contribution in [0.4, 0.5) is 0 Å². The molecule has 0 aliphatic rings. The van der Waals surface area contributed by atoms with Gasteiger partial charge in [-0.25, -0.2) is 0 Å². The molecule has 3 N–H and O–H groups in total. The zero-order valence-electron chi connectivity index (χ0n) is 4.85. The van der Waals surface area contributed by atoms with Gasteiger partial charge in [-0.05, 0) is 13.5 Å². The van der Waals surface area contributed by atoms with E-state index in [-0.39, 0.29) is 23.6 Å².